The Morgan fingerprint density at radius 2 is 2.10 bits per heavy atom. The summed E-state index contributed by atoms with van der Waals surface area (Å²) in [6.45, 7) is 4.15. The van der Waals surface area contributed by atoms with Crippen LogP contribution in [0.5, 0.6) is 0 Å². The number of para-hydroxylation sites is 1. The number of rotatable bonds is 6. The first-order chi connectivity index (χ1) is 14.2. The van der Waals surface area contributed by atoms with E-state index in [2.05, 4.69) is 52.2 Å². The van der Waals surface area contributed by atoms with Crippen LogP contribution in [0, 0.1) is 5.92 Å². The van der Waals surface area contributed by atoms with Crippen molar-refractivity contribution in [1.29, 1.82) is 0 Å². The quantitative estimate of drug-likeness (QED) is 0.597. The lowest BCUT2D eigenvalue weighted by Crippen LogP contribution is -2.20. The van der Waals surface area contributed by atoms with Crippen molar-refractivity contribution in [3.8, 4) is 0 Å². The molecule has 1 atom stereocenters. The van der Waals surface area contributed by atoms with Gasteiger partial charge in [-0.1, -0.05) is 18.2 Å². The molecule has 1 aromatic carbocycles. The van der Waals surface area contributed by atoms with E-state index < -0.39 is 0 Å². The van der Waals surface area contributed by atoms with Crippen molar-refractivity contribution in [3.05, 3.63) is 42.1 Å². The molecule has 2 aromatic heterocycles. The highest BCUT2D eigenvalue weighted by atomic mass is 15.3. The lowest BCUT2D eigenvalue weighted by atomic mass is 9.97. The maximum absolute atomic E-state index is 4.91. The molecule has 150 valence electrons. The molecule has 29 heavy (non-hydrogen) atoms. The van der Waals surface area contributed by atoms with Gasteiger partial charge in [-0.3, -0.25) is 4.68 Å². The molecule has 3 heterocycles. The van der Waals surface area contributed by atoms with Crippen LogP contribution in [0.4, 0.5) is 17.6 Å². The van der Waals surface area contributed by atoms with E-state index in [1.807, 2.05) is 19.3 Å². The van der Waals surface area contributed by atoms with Crippen LogP contribution >= 0.6 is 0 Å². The van der Waals surface area contributed by atoms with E-state index >= 15 is 0 Å². The minimum atomic E-state index is 0.401. The van der Waals surface area contributed by atoms with Gasteiger partial charge in [0.05, 0.1) is 5.52 Å². The molecule has 1 fully saturated rings. The zero-order valence-electron chi connectivity index (χ0n) is 16.9. The molecule has 0 unspecified atom stereocenters. The predicted molar refractivity (Wildman–Crippen MR) is 117 cm³/mol. The van der Waals surface area contributed by atoms with Gasteiger partial charge in [-0.05, 0) is 50.3 Å². The van der Waals surface area contributed by atoms with Gasteiger partial charge >= 0.3 is 0 Å². The molecule has 3 N–H and O–H groups in total. The molecule has 3 aromatic rings. The van der Waals surface area contributed by atoms with Crippen LogP contribution in [0.1, 0.15) is 31.7 Å². The number of anilines is 3. The van der Waals surface area contributed by atoms with Crippen molar-refractivity contribution in [3.63, 3.8) is 0 Å². The summed E-state index contributed by atoms with van der Waals surface area (Å²) in [5.74, 6) is 2.95. The summed E-state index contributed by atoms with van der Waals surface area (Å²) in [5.41, 5.74) is 3.52. The standard InChI is InChI=1S/C22H27N7/c1-14(15-6-7-15)24-21-18-5-3-4-17(16-8-11-23-12-9-16)20(18)26-22(27-21)25-19-10-13-29(2)28-19/h3-5,8,10,13-15,23H,6-7,9,11-12H2,1-2H3,(H2,24,25,26,27,28)/t14-/m1/s1. The molecule has 1 aliphatic heterocycles. The maximum atomic E-state index is 4.91. The molecule has 1 aliphatic carbocycles. The molecular formula is C22H27N7. The van der Waals surface area contributed by atoms with Gasteiger partial charge in [-0.15, -0.1) is 0 Å². The largest absolute Gasteiger partial charge is 0.367 e. The number of nitrogens with zero attached hydrogens (tertiary/aromatic N) is 4. The first kappa shape index (κ1) is 18.1. The zero-order valence-corrected chi connectivity index (χ0v) is 16.9. The highest BCUT2D eigenvalue weighted by molar-refractivity contribution is 5.98. The minimum Gasteiger partial charge on any atom is -0.367 e. The summed E-state index contributed by atoms with van der Waals surface area (Å²) in [6.07, 6.45) is 7.77. The zero-order chi connectivity index (χ0) is 19.8. The van der Waals surface area contributed by atoms with Crippen molar-refractivity contribution in [2.45, 2.75) is 32.2 Å². The van der Waals surface area contributed by atoms with E-state index in [0.717, 1.165) is 48.0 Å². The summed E-state index contributed by atoms with van der Waals surface area (Å²) in [6, 6.07) is 8.73. The highest BCUT2D eigenvalue weighted by Gasteiger charge is 2.28. The number of aryl methyl sites for hydroxylation is 1. The molecule has 5 rings (SSSR count). The summed E-state index contributed by atoms with van der Waals surface area (Å²) >= 11 is 0. The van der Waals surface area contributed by atoms with E-state index in [-0.39, 0.29) is 0 Å². The van der Waals surface area contributed by atoms with E-state index in [1.54, 1.807) is 4.68 Å². The van der Waals surface area contributed by atoms with Crippen molar-refractivity contribution in [2.75, 3.05) is 23.7 Å². The minimum absolute atomic E-state index is 0.401. The van der Waals surface area contributed by atoms with Gasteiger partial charge in [0, 0.05) is 42.8 Å². The van der Waals surface area contributed by atoms with Gasteiger partial charge < -0.3 is 16.0 Å². The second-order valence-corrected chi connectivity index (χ2v) is 8.05. The molecule has 0 amide bonds. The van der Waals surface area contributed by atoms with E-state index in [0.29, 0.717) is 12.0 Å². The van der Waals surface area contributed by atoms with Crippen molar-refractivity contribution in [2.24, 2.45) is 13.0 Å². The number of fused-ring (bicyclic) bond motifs is 1. The molecule has 0 radical (unpaired) electrons. The number of aromatic nitrogens is 4. The molecular weight excluding hydrogens is 362 g/mol. The highest BCUT2D eigenvalue weighted by Crippen LogP contribution is 2.36. The first-order valence-corrected chi connectivity index (χ1v) is 10.4. The third-order valence-electron chi connectivity index (χ3n) is 5.78. The average molecular weight is 390 g/mol. The number of hydrogen-bond donors (Lipinski definition) is 3. The Labute approximate surface area is 170 Å². The Morgan fingerprint density at radius 1 is 1.21 bits per heavy atom. The van der Waals surface area contributed by atoms with Crippen LogP contribution in [0.15, 0.2) is 36.5 Å². The van der Waals surface area contributed by atoms with Gasteiger partial charge in [0.1, 0.15) is 5.82 Å². The van der Waals surface area contributed by atoms with Gasteiger partial charge in [0.2, 0.25) is 5.95 Å². The van der Waals surface area contributed by atoms with Crippen LogP contribution in [-0.4, -0.2) is 38.9 Å². The van der Waals surface area contributed by atoms with Gasteiger partial charge in [-0.25, -0.2) is 4.98 Å². The first-order valence-electron chi connectivity index (χ1n) is 10.4. The molecule has 2 aliphatic rings. The second-order valence-electron chi connectivity index (χ2n) is 8.05. The van der Waals surface area contributed by atoms with Gasteiger partial charge in [0.25, 0.3) is 0 Å². The van der Waals surface area contributed by atoms with Gasteiger partial charge in [-0.2, -0.15) is 10.1 Å². The number of benzene rings is 1. The van der Waals surface area contributed by atoms with E-state index in [4.69, 9.17) is 9.97 Å². The Bertz CT molecular complexity index is 1060. The molecule has 0 bridgehead atoms. The third-order valence-corrected chi connectivity index (χ3v) is 5.78. The molecule has 7 nitrogen and oxygen atoms in total. The summed E-state index contributed by atoms with van der Waals surface area (Å²) in [4.78, 5) is 9.74. The molecule has 0 saturated heterocycles. The summed E-state index contributed by atoms with van der Waals surface area (Å²) in [5, 5.41) is 15.8. The monoisotopic (exact) mass is 389 g/mol. The second kappa shape index (κ2) is 7.48. The topological polar surface area (TPSA) is 79.7 Å². The Morgan fingerprint density at radius 3 is 2.83 bits per heavy atom. The van der Waals surface area contributed by atoms with E-state index in [9.17, 15) is 0 Å². The Hall–Kier alpha value is -2.93. The molecule has 7 heteroatoms. The predicted octanol–water partition coefficient (Wildman–Crippen LogP) is 3.69. The number of nitrogens with one attached hydrogen (secondary N) is 3. The lowest BCUT2D eigenvalue weighted by Gasteiger charge is -2.19. The van der Waals surface area contributed by atoms with Crippen LogP contribution in [0.3, 0.4) is 0 Å². The fourth-order valence-corrected chi connectivity index (χ4v) is 3.97. The fourth-order valence-electron chi connectivity index (χ4n) is 3.97. The summed E-state index contributed by atoms with van der Waals surface area (Å²) in [7, 11) is 1.90. The lowest BCUT2D eigenvalue weighted by molar-refractivity contribution is 0.691. The van der Waals surface area contributed by atoms with Gasteiger partial charge in [0.15, 0.2) is 5.82 Å². The Balaban J connectivity index is 1.60. The third kappa shape index (κ3) is 3.82. The maximum Gasteiger partial charge on any atom is 0.231 e. The average Bonchev–Trinajstić information content (AvgIpc) is 3.51. The van der Waals surface area contributed by atoms with Crippen LogP contribution < -0.4 is 16.0 Å². The molecule has 0 spiro atoms. The van der Waals surface area contributed by atoms with Crippen LogP contribution in [0.25, 0.3) is 16.5 Å². The normalized spacial score (nSPS) is 17.8. The fraction of sp³-hybridized carbons (Fsp3) is 0.409. The smallest absolute Gasteiger partial charge is 0.231 e. The van der Waals surface area contributed by atoms with Crippen molar-refractivity contribution < 1.29 is 0 Å². The summed E-state index contributed by atoms with van der Waals surface area (Å²) < 4.78 is 1.77. The van der Waals surface area contributed by atoms with Crippen LogP contribution in [0.2, 0.25) is 0 Å². The molecule has 1 saturated carbocycles. The Kier molecular flexibility index (Phi) is 4.67. The van der Waals surface area contributed by atoms with Crippen LogP contribution in [-0.2, 0) is 7.05 Å². The number of hydrogen-bond acceptors (Lipinski definition) is 6. The van der Waals surface area contributed by atoms with E-state index in [1.165, 1.54) is 24.0 Å². The van der Waals surface area contributed by atoms with Crippen molar-refractivity contribution >= 4 is 34.1 Å². The SMILES string of the molecule is C[C@@H](Nc1nc(Nc2ccn(C)n2)nc2c(C3=CCNCC3)cccc12)C1CC1. The van der Waals surface area contributed by atoms with Crippen molar-refractivity contribution in [1.82, 2.24) is 25.1 Å².